The highest BCUT2D eigenvalue weighted by Crippen LogP contribution is 2.35. The Hall–Kier alpha value is -1.06. The number of fused-ring (bicyclic) bond motifs is 1. The third-order valence-electron chi connectivity index (χ3n) is 4.69. The molecule has 0 bridgehead atoms. The summed E-state index contributed by atoms with van der Waals surface area (Å²) in [5.41, 5.74) is 2.79. The van der Waals surface area contributed by atoms with E-state index in [-0.39, 0.29) is 5.54 Å². The van der Waals surface area contributed by atoms with Crippen molar-refractivity contribution < 1.29 is 4.74 Å². The van der Waals surface area contributed by atoms with Crippen LogP contribution in [0, 0.1) is 0 Å². The highest BCUT2D eigenvalue weighted by atomic mass is 16.5. The number of hydrogen-bond acceptors (Lipinski definition) is 3. The van der Waals surface area contributed by atoms with Gasteiger partial charge in [0.1, 0.15) is 5.75 Å². The van der Waals surface area contributed by atoms with Gasteiger partial charge < -0.3 is 15.0 Å². The third kappa shape index (κ3) is 2.49. The summed E-state index contributed by atoms with van der Waals surface area (Å²) >= 11 is 0. The molecule has 1 aliphatic rings. The lowest BCUT2D eigenvalue weighted by Crippen LogP contribution is -2.50. The smallest absolute Gasteiger partial charge is 0.122 e. The van der Waals surface area contributed by atoms with Gasteiger partial charge in [-0.2, -0.15) is 0 Å². The molecule has 0 saturated carbocycles. The SMILES string of the molecule is CCC(C)(C(NC)c1ccc2c(c1)CCO2)N(C)C. The minimum absolute atomic E-state index is 0.0997. The Labute approximate surface area is 116 Å². The Morgan fingerprint density at radius 1 is 1.42 bits per heavy atom. The Bertz CT molecular complexity index is 444. The topological polar surface area (TPSA) is 24.5 Å². The highest BCUT2D eigenvalue weighted by Gasteiger charge is 2.35. The van der Waals surface area contributed by atoms with Crippen LogP contribution >= 0.6 is 0 Å². The largest absolute Gasteiger partial charge is 0.493 e. The summed E-state index contributed by atoms with van der Waals surface area (Å²) in [6.45, 7) is 5.39. The van der Waals surface area contributed by atoms with Crippen LogP contribution < -0.4 is 10.1 Å². The maximum absolute atomic E-state index is 5.60. The summed E-state index contributed by atoms with van der Waals surface area (Å²) in [7, 11) is 6.36. The number of likely N-dealkylation sites (N-methyl/N-ethyl adjacent to an activating group) is 2. The molecule has 3 heteroatoms. The van der Waals surface area contributed by atoms with Gasteiger partial charge in [0.05, 0.1) is 12.6 Å². The van der Waals surface area contributed by atoms with Gasteiger partial charge in [0, 0.05) is 12.0 Å². The van der Waals surface area contributed by atoms with E-state index in [1.807, 2.05) is 7.05 Å². The van der Waals surface area contributed by atoms with Crippen molar-refractivity contribution in [3.63, 3.8) is 0 Å². The molecule has 0 spiro atoms. The van der Waals surface area contributed by atoms with Crippen LogP contribution in [0.1, 0.15) is 37.4 Å². The predicted octanol–water partition coefficient (Wildman–Crippen LogP) is 2.61. The van der Waals surface area contributed by atoms with E-state index in [2.05, 4.69) is 56.4 Å². The highest BCUT2D eigenvalue weighted by molar-refractivity contribution is 5.41. The number of hydrogen-bond donors (Lipinski definition) is 1. The number of ether oxygens (including phenoxy) is 1. The van der Waals surface area contributed by atoms with Crippen molar-refractivity contribution in [2.45, 2.75) is 38.3 Å². The van der Waals surface area contributed by atoms with Crippen molar-refractivity contribution in [2.24, 2.45) is 0 Å². The van der Waals surface area contributed by atoms with Crippen molar-refractivity contribution in [1.82, 2.24) is 10.2 Å². The molecule has 0 aromatic heterocycles. The van der Waals surface area contributed by atoms with E-state index >= 15 is 0 Å². The van der Waals surface area contributed by atoms with Crippen LogP contribution in [-0.4, -0.2) is 38.2 Å². The van der Waals surface area contributed by atoms with E-state index in [4.69, 9.17) is 4.74 Å². The summed E-state index contributed by atoms with van der Waals surface area (Å²) in [5.74, 6) is 1.06. The first kappa shape index (κ1) is 14.4. The predicted molar refractivity (Wildman–Crippen MR) is 79.8 cm³/mol. The maximum Gasteiger partial charge on any atom is 0.122 e. The van der Waals surface area contributed by atoms with E-state index in [1.54, 1.807) is 0 Å². The Morgan fingerprint density at radius 2 is 2.16 bits per heavy atom. The molecule has 1 N–H and O–H groups in total. The minimum Gasteiger partial charge on any atom is -0.493 e. The Balaban J connectivity index is 2.36. The quantitative estimate of drug-likeness (QED) is 0.883. The first-order chi connectivity index (χ1) is 9.02. The van der Waals surface area contributed by atoms with Crippen LogP contribution in [0.5, 0.6) is 5.75 Å². The van der Waals surface area contributed by atoms with Crippen molar-refractivity contribution >= 4 is 0 Å². The Morgan fingerprint density at radius 3 is 2.74 bits per heavy atom. The lowest BCUT2D eigenvalue weighted by molar-refractivity contribution is 0.117. The fourth-order valence-corrected chi connectivity index (χ4v) is 3.00. The Kier molecular flexibility index (Phi) is 4.16. The van der Waals surface area contributed by atoms with E-state index in [1.165, 1.54) is 11.1 Å². The molecule has 1 aromatic carbocycles. The molecule has 0 radical (unpaired) electrons. The fraction of sp³-hybridized carbons (Fsp3) is 0.625. The second-order valence-corrected chi connectivity index (χ2v) is 5.79. The summed E-state index contributed by atoms with van der Waals surface area (Å²) in [5, 5.41) is 3.50. The fourth-order valence-electron chi connectivity index (χ4n) is 3.00. The molecule has 2 rings (SSSR count). The van der Waals surface area contributed by atoms with Gasteiger partial charge in [0.15, 0.2) is 0 Å². The number of rotatable bonds is 5. The second-order valence-electron chi connectivity index (χ2n) is 5.79. The zero-order valence-corrected chi connectivity index (χ0v) is 12.8. The second kappa shape index (κ2) is 5.51. The van der Waals surface area contributed by atoms with Crippen molar-refractivity contribution in [3.8, 4) is 5.75 Å². The zero-order chi connectivity index (χ0) is 14.0. The molecule has 0 aliphatic carbocycles. The van der Waals surface area contributed by atoms with Crippen molar-refractivity contribution in [1.29, 1.82) is 0 Å². The molecule has 3 nitrogen and oxygen atoms in total. The van der Waals surface area contributed by atoms with Crippen LogP contribution in [0.4, 0.5) is 0 Å². The van der Waals surface area contributed by atoms with E-state index in [9.17, 15) is 0 Å². The summed E-state index contributed by atoms with van der Waals surface area (Å²) in [6, 6.07) is 6.94. The van der Waals surface area contributed by atoms with Crippen LogP contribution in [0.3, 0.4) is 0 Å². The first-order valence-electron chi connectivity index (χ1n) is 7.13. The molecule has 1 aromatic rings. The van der Waals surface area contributed by atoms with Gasteiger partial charge in [-0.25, -0.2) is 0 Å². The van der Waals surface area contributed by atoms with Gasteiger partial charge in [-0.1, -0.05) is 19.1 Å². The average Bonchev–Trinajstić information content (AvgIpc) is 2.86. The maximum atomic E-state index is 5.60. The lowest BCUT2D eigenvalue weighted by atomic mass is 9.83. The van der Waals surface area contributed by atoms with Gasteiger partial charge in [0.2, 0.25) is 0 Å². The molecule has 0 fully saturated rings. The summed E-state index contributed by atoms with van der Waals surface area (Å²) in [6.07, 6.45) is 2.13. The lowest BCUT2D eigenvalue weighted by Gasteiger charge is -2.43. The summed E-state index contributed by atoms with van der Waals surface area (Å²) in [4.78, 5) is 2.32. The molecule has 2 atom stereocenters. The standard InChI is InChI=1S/C16H26N2O/c1-6-16(2,18(4)5)15(17-3)13-7-8-14-12(11-13)9-10-19-14/h7-8,11,15,17H,6,9-10H2,1-5H3. The van der Waals surface area contributed by atoms with Crippen molar-refractivity contribution in [2.75, 3.05) is 27.7 Å². The number of nitrogens with zero attached hydrogens (tertiary/aromatic N) is 1. The van der Waals surface area contributed by atoms with Gasteiger partial charge in [-0.15, -0.1) is 0 Å². The summed E-state index contributed by atoms with van der Waals surface area (Å²) < 4.78 is 5.60. The molecule has 0 amide bonds. The molecule has 2 unspecified atom stereocenters. The van der Waals surface area contributed by atoms with Crippen molar-refractivity contribution in [3.05, 3.63) is 29.3 Å². The van der Waals surface area contributed by atoms with Crippen LogP contribution in [-0.2, 0) is 6.42 Å². The van der Waals surface area contributed by atoms with Gasteiger partial charge in [-0.3, -0.25) is 0 Å². The van der Waals surface area contributed by atoms with Gasteiger partial charge >= 0.3 is 0 Å². The number of nitrogens with one attached hydrogen (secondary N) is 1. The molecule has 19 heavy (non-hydrogen) atoms. The normalized spacial score (nSPS) is 18.8. The number of benzene rings is 1. The first-order valence-corrected chi connectivity index (χ1v) is 7.13. The minimum atomic E-state index is 0.0997. The molecule has 1 aliphatic heterocycles. The molecule has 0 saturated heterocycles. The van der Waals surface area contributed by atoms with Gasteiger partial charge in [0.25, 0.3) is 0 Å². The molecular weight excluding hydrogens is 236 g/mol. The molecule has 1 heterocycles. The van der Waals surface area contributed by atoms with Gasteiger partial charge in [-0.05, 0) is 51.7 Å². The third-order valence-corrected chi connectivity index (χ3v) is 4.69. The van der Waals surface area contributed by atoms with Crippen LogP contribution in [0.15, 0.2) is 18.2 Å². The van der Waals surface area contributed by atoms with E-state index in [0.29, 0.717) is 6.04 Å². The van der Waals surface area contributed by atoms with E-state index in [0.717, 1.165) is 25.2 Å². The monoisotopic (exact) mass is 262 g/mol. The van der Waals surface area contributed by atoms with Crippen LogP contribution in [0.25, 0.3) is 0 Å². The molecule has 106 valence electrons. The van der Waals surface area contributed by atoms with Crippen LogP contribution in [0.2, 0.25) is 0 Å². The average molecular weight is 262 g/mol. The molecular formula is C16H26N2O. The van der Waals surface area contributed by atoms with E-state index < -0.39 is 0 Å². The zero-order valence-electron chi connectivity index (χ0n) is 12.8.